The molecule has 0 unspecified atom stereocenters. The van der Waals surface area contributed by atoms with Crippen LogP contribution >= 0.6 is 0 Å². The number of aryl methyl sites for hydroxylation is 1. The van der Waals surface area contributed by atoms with E-state index in [0.29, 0.717) is 0 Å². The summed E-state index contributed by atoms with van der Waals surface area (Å²) in [5, 5.41) is 0. The molecule has 0 saturated heterocycles. The molecular formula is C16H15FO. The van der Waals surface area contributed by atoms with Crippen LogP contribution < -0.4 is 4.74 Å². The highest BCUT2D eigenvalue weighted by Crippen LogP contribution is 2.19. The standard InChI is InChI=1S/C16H15FO/c1-12-4-3-5-13(10-12)6-7-14-8-9-15(17)16(11-14)18-2/h3-11H,1-2H3. The molecule has 0 aliphatic carbocycles. The van der Waals surface area contributed by atoms with Crippen LogP contribution in [0.3, 0.4) is 0 Å². The van der Waals surface area contributed by atoms with E-state index in [4.69, 9.17) is 4.74 Å². The lowest BCUT2D eigenvalue weighted by molar-refractivity contribution is 0.386. The third-order valence-electron chi connectivity index (χ3n) is 2.69. The molecule has 0 amide bonds. The van der Waals surface area contributed by atoms with Gasteiger partial charge in [0.05, 0.1) is 7.11 Å². The maximum atomic E-state index is 13.2. The summed E-state index contributed by atoms with van der Waals surface area (Å²) in [6.07, 6.45) is 3.94. The van der Waals surface area contributed by atoms with Gasteiger partial charge in [-0.05, 0) is 30.2 Å². The predicted octanol–water partition coefficient (Wildman–Crippen LogP) is 4.31. The van der Waals surface area contributed by atoms with Crippen LogP contribution in [-0.2, 0) is 0 Å². The molecule has 0 aliphatic heterocycles. The van der Waals surface area contributed by atoms with Crippen molar-refractivity contribution >= 4 is 12.2 Å². The minimum absolute atomic E-state index is 0.265. The van der Waals surface area contributed by atoms with Crippen LogP contribution in [0.25, 0.3) is 12.2 Å². The first-order chi connectivity index (χ1) is 8.69. The van der Waals surface area contributed by atoms with E-state index in [1.807, 2.05) is 24.3 Å². The van der Waals surface area contributed by atoms with Crippen LogP contribution in [0, 0.1) is 12.7 Å². The SMILES string of the molecule is COc1cc(C=Cc2cccc(C)c2)ccc1F. The van der Waals surface area contributed by atoms with E-state index in [-0.39, 0.29) is 11.6 Å². The molecule has 0 spiro atoms. The largest absolute Gasteiger partial charge is 0.494 e. The van der Waals surface area contributed by atoms with Crippen LogP contribution in [0.1, 0.15) is 16.7 Å². The summed E-state index contributed by atoms with van der Waals surface area (Å²) in [5.41, 5.74) is 3.25. The summed E-state index contributed by atoms with van der Waals surface area (Å²) in [6.45, 7) is 2.05. The predicted molar refractivity (Wildman–Crippen MR) is 73.1 cm³/mol. The molecule has 2 aromatic rings. The van der Waals surface area contributed by atoms with Gasteiger partial charge in [0.1, 0.15) is 0 Å². The molecule has 18 heavy (non-hydrogen) atoms. The van der Waals surface area contributed by atoms with Crippen molar-refractivity contribution in [1.82, 2.24) is 0 Å². The molecular weight excluding hydrogens is 227 g/mol. The highest BCUT2D eigenvalue weighted by atomic mass is 19.1. The Kier molecular flexibility index (Phi) is 3.78. The first-order valence-electron chi connectivity index (χ1n) is 5.77. The zero-order chi connectivity index (χ0) is 13.0. The average molecular weight is 242 g/mol. The highest BCUT2D eigenvalue weighted by Gasteiger charge is 2.01. The Morgan fingerprint density at radius 3 is 2.39 bits per heavy atom. The van der Waals surface area contributed by atoms with Gasteiger partial charge < -0.3 is 4.74 Å². The minimum atomic E-state index is -0.342. The molecule has 0 saturated carbocycles. The molecule has 1 nitrogen and oxygen atoms in total. The number of halogens is 1. The van der Waals surface area contributed by atoms with Gasteiger partial charge in [-0.2, -0.15) is 0 Å². The average Bonchev–Trinajstić information content (AvgIpc) is 2.38. The summed E-state index contributed by atoms with van der Waals surface area (Å²) in [6, 6.07) is 13.0. The normalized spacial score (nSPS) is 10.8. The van der Waals surface area contributed by atoms with Crippen molar-refractivity contribution in [3.8, 4) is 5.75 Å². The van der Waals surface area contributed by atoms with E-state index < -0.39 is 0 Å². The van der Waals surface area contributed by atoms with Crippen LogP contribution in [0.5, 0.6) is 5.75 Å². The quantitative estimate of drug-likeness (QED) is 0.728. The van der Waals surface area contributed by atoms with E-state index in [0.717, 1.165) is 11.1 Å². The van der Waals surface area contributed by atoms with Crippen molar-refractivity contribution in [2.75, 3.05) is 7.11 Å². The molecule has 0 aliphatic rings. The van der Waals surface area contributed by atoms with Gasteiger partial charge >= 0.3 is 0 Å². The topological polar surface area (TPSA) is 9.23 Å². The third-order valence-corrected chi connectivity index (χ3v) is 2.69. The van der Waals surface area contributed by atoms with Gasteiger partial charge in [0.15, 0.2) is 11.6 Å². The van der Waals surface area contributed by atoms with Gasteiger partial charge in [0, 0.05) is 0 Å². The van der Waals surface area contributed by atoms with Crippen molar-refractivity contribution < 1.29 is 9.13 Å². The maximum Gasteiger partial charge on any atom is 0.165 e. The molecule has 92 valence electrons. The number of hydrogen-bond donors (Lipinski definition) is 0. The van der Waals surface area contributed by atoms with E-state index in [9.17, 15) is 4.39 Å². The number of ether oxygens (including phenoxy) is 1. The maximum absolute atomic E-state index is 13.2. The van der Waals surface area contributed by atoms with Crippen LogP contribution in [0.15, 0.2) is 42.5 Å². The Balaban J connectivity index is 2.23. The van der Waals surface area contributed by atoms with Gasteiger partial charge in [0.2, 0.25) is 0 Å². The van der Waals surface area contributed by atoms with Crippen molar-refractivity contribution in [2.45, 2.75) is 6.92 Å². The Bertz CT molecular complexity index is 573. The Morgan fingerprint density at radius 2 is 1.72 bits per heavy atom. The van der Waals surface area contributed by atoms with E-state index in [1.54, 1.807) is 12.1 Å². The fraction of sp³-hybridized carbons (Fsp3) is 0.125. The van der Waals surface area contributed by atoms with Gasteiger partial charge in [-0.3, -0.25) is 0 Å². The molecule has 2 heteroatoms. The van der Waals surface area contributed by atoms with E-state index >= 15 is 0 Å². The Morgan fingerprint density at radius 1 is 1.00 bits per heavy atom. The van der Waals surface area contributed by atoms with Crippen LogP contribution in [0.4, 0.5) is 4.39 Å². The van der Waals surface area contributed by atoms with Crippen molar-refractivity contribution in [1.29, 1.82) is 0 Å². The first kappa shape index (κ1) is 12.4. The molecule has 0 radical (unpaired) electrons. The zero-order valence-corrected chi connectivity index (χ0v) is 10.5. The molecule has 0 atom stereocenters. The molecule has 2 rings (SSSR count). The van der Waals surface area contributed by atoms with E-state index in [2.05, 4.69) is 19.1 Å². The number of rotatable bonds is 3. The second kappa shape index (κ2) is 5.50. The van der Waals surface area contributed by atoms with Gasteiger partial charge in [-0.25, -0.2) is 4.39 Å². The molecule has 0 N–H and O–H groups in total. The summed E-state index contributed by atoms with van der Waals surface area (Å²) in [4.78, 5) is 0. The lowest BCUT2D eigenvalue weighted by atomic mass is 10.1. The van der Waals surface area contributed by atoms with Crippen molar-refractivity contribution in [2.24, 2.45) is 0 Å². The van der Waals surface area contributed by atoms with Gasteiger partial charge in [0.25, 0.3) is 0 Å². The summed E-state index contributed by atoms with van der Waals surface area (Å²) < 4.78 is 18.2. The van der Waals surface area contributed by atoms with Crippen molar-refractivity contribution in [3.63, 3.8) is 0 Å². The van der Waals surface area contributed by atoms with Crippen LogP contribution in [-0.4, -0.2) is 7.11 Å². The zero-order valence-electron chi connectivity index (χ0n) is 10.5. The molecule has 0 fully saturated rings. The third kappa shape index (κ3) is 2.98. The molecule has 2 aromatic carbocycles. The smallest absolute Gasteiger partial charge is 0.165 e. The summed E-state index contributed by atoms with van der Waals surface area (Å²) in [7, 11) is 1.46. The van der Waals surface area contributed by atoms with Crippen LogP contribution in [0.2, 0.25) is 0 Å². The second-order valence-electron chi connectivity index (χ2n) is 4.14. The van der Waals surface area contributed by atoms with Gasteiger partial charge in [-0.1, -0.05) is 48.0 Å². The lowest BCUT2D eigenvalue weighted by Crippen LogP contribution is -1.88. The van der Waals surface area contributed by atoms with E-state index in [1.165, 1.54) is 18.7 Å². The Hall–Kier alpha value is -2.09. The molecule has 0 aromatic heterocycles. The summed E-state index contributed by atoms with van der Waals surface area (Å²) in [5.74, 6) is -0.0772. The summed E-state index contributed by atoms with van der Waals surface area (Å²) >= 11 is 0. The second-order valence-corrected chi connectivity index (χ2v) is 4.14. The number of benzene rings is 2. The fourth-order valence-electron chi connectivity index (χ4n) is 1.75. The monoisotopic (exact) mass is 242 g/mol. The first-order valence-corrected chi connectivity index (χ1v) is 5.77. The fourth-order valence-corrected chi connectivity index (χ4v) is 1.75. The number of hydrogen-bond acceptors (Lipinski definition) is 1. The lowest BCUT2D eigenvalue weighted by Gasteiger charge is -2.02. The van der Waals surface area contributed by atoms with Gasteiger partial charge in [-0.15, -0.1) is 0 Å². The minimum Gasteiger partial charge on any atom is -0.494 e. The Labute approximate surface area is 107 Å². The highest BCUT2D eigenvalue weighted by molar-refractivity contribution is 5.70. The molecule has 0 heterocycles. The molecule has 0 bridgehead atoms. The van der Waals surface area contributed by atoms with Crippen molar-refractivity contribution in [3.05, 3.63) is 65.0 Å². The number of methoxy groups -OCH3 is 1.